The van der Waals surface area contributed by atoms with Crippen molar-refractivity contribution in [1.82, 2.24) is 9.80 Å². The second-order valence-electron chi connectivity index (χ2n) is 6.26. The highest BCUT2D eigenvalue weighted by atomic mass is 16.5. The Labute approximate surface area is 155 Å². The van der Waals surface area contributed by atoms with Crippen LogP contribution in [0.15, 0.2) is 0 Å². The Morgan fingerprint density at radius 2 is 0.923 bits per heavy atom. The van der Waals surface area contributed by atoms with Crippen LogP contribution >= 0.6 is 0 Å². The summed E-state index contributed by atoms with van der Waals surface area (Å²) in [6.07, 6.45) is 5.48. The lowest BCUT2D eigenvalue weighted by molar-refractivity contribution is -0.148. The Hall–Kier alpha value is -2.12. The quantitative estimate of drug-likeness (QED) is 0.275. The summed E-state index contributed by atoms with van der Waals surface area (Å²) < 4.78 is 8.95. The number of methoxy groups -OCH3 is 2. The van der Waals surface area contributed by atoms with Gasteiger partial charge in [0.05, 0.1) is 14.2 Å². The van der Waals surface area contributed by atoms with Crippen molar-refractivity contribution in [2.45, 2.75) is 51.4 Å². The predicted molar refractivity (Wildman–Crippen MR) is 96.2 cm³/mol. The van der Waals surface area contributed by atoms with Crippen LogP contribution in [0.3, 0.4) is 0 Å². The fourth-order valence-electron chi connectivity index (χ4n) is 2.32. The van der Waals surface area contributed by atoms with Crippen LogP contribution in [-0.4, -0.2) is 75.0 Å². The number of nitrogens with zero attached hydrogens (tertiary/aromatic N) is 2. The minimum absolute atomic E-state index is 0.213. The molecule has 26 heavy (non-hydrogen) atoms. The molecular weight excluding hydrogens is 340 g/mol. The van der Waals surface area contributed by atoms with Gasteiger partial charge in [0.15, 0.2) is 0 Å². The van der Waals surface area contributed by atoms with Gasteiger partial charge in [0.2, 0.25) is 11.8 Å². The maximum absolute atomic E-state index is 11.7. The van der Waals surface area contributed by atoms with Gasteiger partial charge in [-0.3, -0.25) is 19.2 Å². The molecule has 0 saturated carbocycles. The third-order valence-corrected chi connectivity index (χ3v) is 4.14. The molecule has 0 aromatic rings. The molecule has 8 heteroatoms. The number of carbonyl (C=O) groups is 4. The number of amides is 2. The van der Waals surface area contributed by atoms with E-state index in [1.807, 2.05) is 0 Å². The van der Waals surface area contributed by atoms with E-state index in [0.717, 1.165) is 38.5 Å². The van der Waals surface area contributed by atoms with Crippen LogP contribution < -0.4 is 0 Å². The van der Waals surface area contributed by atoms with Gasteiger partial charge in [-0.2, -0.15) is 0 Å². The Morgan fingerprint density at radius 3 is 1.23 bits per heavy atom. The molecule has 0 N–H and O–H groups in total. The Kier molecular flexibility index (Phi) is 12.9. The summed E-state index contributed by atoms with van der Waals surface area (Å²) in [7, 11) is 5.91. The molecule has 0 aromatic carbocycles. The second-order valence-corrected chi connectivity index (χ2v) is 6.26. The number of rotatable bonds is 13. The van der Waals surface area contributed by atoms with Gasteiger partial charge in [0.25, 0.3) is 0 Å². The minimum Gasteiger partial charge on any atom is -0.469 e. The van der Waals surface area contributed by atoms with E-state index < -0.39 is 11.9 Å². The Balaban J connectivity index is 3.64. The van der Waals surface area contributed by atoms with Crippen molar-refractivity contribution >= 4 is 23.8 Å². The molecule has 0 bridgehead atoms. The lowest BCUT2D eigenvalue weighted by Crippen LogP contribution is -2.30. The normalized spacial score (nSPS) is 10.2. The van der Waals surface area contributed by atoms with Crippen molar-refractivity contribution in [2.24, 2.45) is 0 Å². The average molecular weight is 372 g/mol. The topological polar surface area (TPSA) is 93.2 Å². The minimum atomic E-state index is -0.517. The van der Waals surface area contributed by atoms with Gasteiger partial charge in [-0.25, -0.2) is 0 Å². The van der Waals surface area contributed by atoms with Crippen molar-refractivity contribution < 1.29 is 28.7 Å². The van der Waals surface area contributed by atoms with E-state index in [9.17, 15) is 19.2 Å². The molecule has 2 amide bonds. The molecule has 0 spiro atoms. The molecule has 0 aliphatic carbocycles. The maximum atomic E-state index is 11.7. The first-order valence-corrected chi connectivity index (χ1v) is 8.93. The van der Waals surface area contributed by atoms with Crippen LogP contribution in [0.25, 0.3) is 0 Å². The van der Waals surface area contributed by atoms with E-state index in [-0.39, 0.29) is 24.7 Å². The highest BCUT2D eigenvalue weighted by molar-refractivity contribution is 5.94. The van der Waals surface area contributed by atoms with Gasteiger partial charge in [-0.15, -0.1) is 0 Å². The first kappa shape index (κ1) is 23.9. The summed E-state index contributed by atoms with van der Waals surface area (Å²) in [6, 6.07) is 0. The summed E-state index contributed by atoms with van der Waals surface area (Å²) in [4.78, 5) is 48.6. The zero-order valence-corrected chi connectivity index (χ0v) is 16.4. The standard InChI is InChI=1S/C18H32N2O6/c1-19(15(21)13-17(23)25-3)11-9-7-5-6-8-10-12-20(2)16(22)14-18(24)26-4/h5-14H2,1-4H3. The molecular formula is C18H32N2O6. The fraction of sp³-hybridized carbons (Fsp3) is 0.778. The highest BCUT2D eigenvalue weighted by Gasteiger charge is 2.14. The van der Waals surface area contributed by atoms with Crippen LogP contribution in [0.1, 0.15) is 51.4 Å². The molecule has 0 aliphatic rings. The highest BCUT2D eigenvalue weighted by Crippen LogP contribution is 2.07. The number of ether oxygens (including phenoxy) is 2. The van der Waals surface area contributed by atoms with Crippen molar-refractivity contribution in [2.75, 3.05) is 41.4 Å². The van der Waals surface area contributed by atoms with Gasteiger partial charge in [0.1, 0.15) is 12.8 Å². The van der Waals surface area contributed by atoms with E-state index in [1.54, 1.807) is 23.9 Å². The molecule has 0 radical (unpaired) electrons. The Bertz CT molecular complexity index is 425. The predicted octanol–water partition coefficient (Wildman–Crippen LogP) is 1.37. The van der Waals surface area contributed by atoms with Crippen LogP contribution in [0.4, 0.5) is 0 Å². The number of hydrogen-bond donors (Lipinski definition) is 0. The molecule has 0 unspecified atom stereocenters. The van der Waals surface area contributed by atoms with Gasteiger partial charge in [-0.05, 0) is 12.8 Å². The lowest BCUT2D eigenvalue weighted by Gasteiger charge is -2.17. The number of esters is 2. The van der Waals surface area contributed by atoms with Crippen LogP contribution in [0.2, 0.25) is 0 Å². The lowest BCUT2D eigenvalue weighted by atomic mass is 10.1. The molecule has 0 aromatic heterocycles. The van der Waals surface area contributed by atoms with Crippen LogP contribution in [-0.2, 0) is 28.7 Å². The number of unbranched alkanes of at least 4 members (excludes halogenated alkanes) is 5. The van der Waals surface area contributed by atoms with Crippen LogP contribution in [0.5, 0.6) is 0 Å². The summed E-state index contributed by atoms with van der Waals surface area (Å²) in [5, 5.41) is 0. The monoisotopic (exact) mass is 372 g/mol. The van der Waals surface area contributed by atoms with Crippen molar-refractivity contribution in [1.29, 1.82) is 0 Å². The van der Waals surface area contributed by atoms with Crippen molar-refractivity contribution in [3.05, 3.63) is 0 Å². The Morgan fingerprint density at radius 1 is 0.615 bits per heavy atom. The zero-order chi connectivity index (χ0) is 19.9. The van der Waals surface area contributed by atoms with E-state index >= 15 is 0 Å². The number of carbonyl (C=O) groups excluding carboxylic acids is 4. The van der Waals surface area contributed by atoms with Gasteiger partial charge >= 0.3 is 11.9 Å². The average Bonchev–Trinajstić information content (AvgIpc) is 2.62. The third kappa shape index (κ3) is 11.4. The van der Waals surface area contributed by atoms with Crippen LogP contribution in [0, 0.1) is 0 Å². The van der Waals surface area contributed by atoms with Crippen molar-refractivity contribution in [3.63, 3.8) is 0 Å². The smallest absolute Gasteiger partial charge is 0.315 e. The van der Waals surface area contributed by atoms with E-state index in [0.29, 0.717) is 13.1 Å². The molecule has 0 heterocycles. The van der Waals surface area contributed by atoms with E-state index in [4.69, 9.17) is 0 Å². The first-order chi connectivity index (χ1) is 12.3. The van der Waals surface area contributed by atoms with E-state index in [2.05, 4.69) is 9.47 Å². The third-order valence-electron chi connectivity index (χ3n) is 4.14. The molecule has 150 valence electrons. The van der Waals surface area contributed by atoms with Gasteiger partial charge < -0.3 is 19.3 Å². The molecule has 0 saturated heterocycles. The second kappa shape index (κ2) is 14.1. The zero-order valence-electron chi connectivity index (χ0n) is 16.4. The van der Waals surface area contributed by atoms with E-state index in [1.165, 1.54) is 14.2 Å². The van der Waals surface area contributed by atoms with Gasteiger partial charge in [-0.1, -0.05) is 25.7 Å². The maximum Gasteiger partial charge on any atom is 0.315 e. The van der Waals surface area contributed by atoms with Crippen molar-refractivity contribution in [3.8, 4) is 0 Å². The summed E-state index contributed by atoms with van der Waals surface area (Å²) >= 11 is 0. The number of hydrogen-bond acceptors (Lipinski definition) is 6. The SMILES string of the molecule is COC(=O)CC(=O)N(C)CCCCCCCCN(C)C(=O)CC(=O)OC. The van der Waals surface area contributed by atoms with Gasteiger partial charge in [0, 0.05) is 27.2 Å². The molecule has 0 atom stereocenters. The fourth-order valence-corrected chi connectivity index (χ4v) is 2.32. The molecule has 0 fully saturated rings. The molecule has 0 rings (SSSR count). The summed E-state index contributed by atoms with van der Waals surface area (Å²) in [5.41, 5.74) is 0. The largest absolute Gasteiger partial charge is 0.469 e. The molecule has 0 aliphatic heterocycles. The summed E-state index contributed by atoms with van der Waals surface area (Å²) in [6.45, 7) is 1.25. The summed E-state index contributed by atoms with van der Waals surface area (Å²) in [5.74, 6) is -1.48. The first-order valence-electron chi connectivity index (χ1n) is 8.93. The molecule has 8 nitrogen and oxygen atoms in total.